The van der Waals surface area contributed by atoms with Crippen LogP contribution in [0.15, 0.2) is 86.6 Å². The van der Waals surface area contributed by atoms with Gasteiger partial charge in [-0.25, -0.2) is 12.8 Å². The molecule has 38 heavy (non-hydrogen) atoms. The number of nitrogens with one attached hydrogen (secondary N) is 1. The van der Waals surface area contributed by atoms with Crippen molar-refractivity contribution in [1.82, 2.24) is 0 Å². The summed E-state index contributed by atoms with van der Waals surface area (Å²) in [4.78, 5) is 4.74. The first kappa shape index (κ1) is 24.5. The Morgan fingerprint density at radius 1 is 1.08 bits per heavy atom. The molecule has 3 atom stereocenters. The Hall–Kier alpha value is -3.85. The van der Waals surface area contributed by atoms with Crippen molar-refractivity contribution in [2.75, 3.05) is 19.5 Å². The second-order valence-corrected chi connectivity index (χ2v) is 11.5. The molecule has 0 fully saturated rings. The number of anilines is 1. The molecule has 3 unspecified atom stereocenters. The van der Waals surface area contributed by atoms with Gasteiger partial charge in [0.25, 0.3) is 0 Å². The lowest BCUT2D eigenvalue weighted by Gasteiger charge is -2.34. The molecule has 1 N–H and O–H groups in total. The lowest BCUT2D eigenvalue weighted by atomic mass is 9.72. The van der Waals surface area contributed by atoms with E-state index in [1.54, 1.807) is 44.0 Å². The molecule has 3 aliphatic heterocycles. The maximum absolute atomic E-state index is 13.7. The number of sulfone groups is 1. The maximum atomic E-state index is 13.7. The summed E-state index contributed by atoms with van der Waals surface area (Å²) in [6.45, 7) is 2.16. The molecular formula is C29H27FN2O5S. The molecule has 3 heterocycles. The fraction of sp³-hybridized carbons (Fsp3) is 0.276. The summed E-state index contributed by atoms with van der Waals surface area (Å²) < 4.78 is 58.2. The molecule has 4 aliphatic rings. The summed E-state index contributed by atoms with van der Waals surface area (Å²) in [5, 5.41) is 4.36. The molecule has 6 rings (SSSR count). The summed E-state index contributed by atoms with van der Waals surface area (Å²) >= 11 is 0. The SMILES string of the molecule is CO/C1=C/N=CC(c2ccc(OC)c3c2S(=O)(=O)C=C3Nc2ccc(F)cc2)C2=C3C1=COC3CCC2C. The van der Waals surface area contributed by atoms with Gasteiger partial charge in [-0.15, -0.1) is 0 Å². The fourth-order valence-electron chi connectivity index (χ4n) is 5.86. The fourth-order valence-corrected chi connectivity index (χ4v) is 7.49. The highest BCUT2D eigenvalue weighted by Crippen LogP contribution is 2.51. The van der Waals surface area contributed by atoms with Gasteiger partial charge in [0.2, 0.25) is 9.84 Å². The normalized spacial score (nSPS) is 26.1. The van der Waals surface area contributed by atoms with Gasteiger partial charge in [-0.1, -0.05) is 13.0 Å². The number of hydrogen-bond acceptors (Lipinski definition) is 7. The molecule has 0 spiro atoms. The monoisotopic (exact) mass is 534 g/mol. The van der Waals surface area contributed by atoms with Crippen molar-refractivity contribution in [3.63, 3.8) is 0 Å². The largest absolute Gasteiger partial charge is 0.496 e. The number of nitrogens with zero attached hydrogens (tertiary/aromatic N) is 1. The van der Waals surface area contributed by atoms with E-state index >= 15 is 0 Å². The third-order valence-corrected chi connectivity index (χ3v) is 9.12. The van der Waals surface area contributed by atoms with E-state index in [2.05, 4.69) is 17.2 Å². The number of benzene rings is 2. The number of fused-ring (bicyclic) bond motifs is 1. The minimum Gasteiger partial charge on any atom is -0.496 e. The van der Waals surface area contributed by atoms with Gasteiger partial charge in [-0.05, 0) is 60.2 Å². The van der Waals surface area contributed by atoms with E-state index in [4.69, 9.17) is 14.2 Å². The van der Waals surface area contributed by atoms with E-state index in [0.717, 1.165) is 29.6 Å². The molecule has 9 heteroatoms. The molecule has 0 amide bonds. The first-order valence-electron chi connectivity index (χ1n) is 12.4. The van der Waals surface area contributed by atoms with Crippen LogP contribution in [0.2, 0.25) is 0 Å². The van der Waals surface area contributed by atoms with Gasteiger partial charge in [-0.2, -0.15) is 0 Å². The highest BCUT2D eigenvalue weighted by Gasteiger charge is 2.42. The molecule has 1 aliphatic carbocycles. The van der Waals surface area contributed by atoms with Crippen molar-refractivity contribution in [2.45, 2.75) is 36.7 Å². The standard InChI is InChI=1S/C29H27FN2O5S/c1-16-4-10-24-27-21(14-37-24)25(36-3)13-31-12-20(26(16)27)19-9-11-23(35-2)28-22(15-38(33,34)29(19)28)32-18-7-5-17(30)6-8-18/h5-9,11-16,20,24,32H,4,10H2,1-3H3/b25-13+,31-12?. The van der Waals surface area contributed by atoms with Gasteiger partial charge < -0.3 is 19.5 Å². The summed E-state index contributed by atoms with van der Waals surface area (Å²) in [5.74, 6) is 0.425. The average Bonchev–Trinajstić information content (AvgIpc) is 3.43. The number of aliphatic imine (C=N–C) groups is 1. The Labute approximate surface area is 220 Å². The second-order valence-electron chi connectivity index (χ2n) is 9.75. The highest BCUT2D eigenvalue weighted by molar-refractivity contribution is 7.95. The van der Waals surface area contributed by atoms with Crippen LogP contribution >= 0.6 is 0 Å². The lowest BCUT2D eigenvalue weighted by Crippen LogP contribution is -2.27. The lowest BCUT2D eigenvalue weighted by molar-refractivity contribution is 0.170. The smallest absolute Gasteiger partial charge is 0.202 e. The molecular weight excluding hydrogens is 507 g/mol. The number of hydrogen-bond donors (Lipinski definition) is 1. The Balaban J connectivity index is 1.55. The molecule has 7 nitrogen and oxygen atoms in total. The summed E-state index contributed by atoms with van der Waals surface area (Å²) in [6, 6.07) is 9.35. The first-order valence-corrected chi connectivity index (χ1v) is 14.0. The van der Waals surface area contributed by atoms with Crippen LogP contribution in [0.25, 0.3) is 5.70 Å². The van der Waals surface area contributed by atoms with E-state index < -0.39 is 15.8 Å². The van der Waals surface area contributed by atoms with E-state index in [1.165, 1.54) is 24.7 Å². The minimum absolute atomic E-state index is 0.111. The number of rotatable bonds is 5. The Kier molecular flexibility index (Phi) is 5.90. The van der Waals surface area contributed by atoms with Crippen molar-refractivity contribution in [3.05, 3.63) is 93.7 Å². The topological polar surface area (TPSA) is 86.2 Å². The van der Waals surface area contributed by atoms with Crippen LogP contribution in [0.5, 0.6) is 5.75 Å². The molecule has 0 saturated heterocycles. The van der Waals surface area contributed by atoms with Crippen LogP contribution in [0.1, 0.15) is 36.8 Å². The maximum Gasteiger partial charge on any atom is 0.202 e. The molecule has 0 aromatic heterocycles. The van der Waals surface area contributed by atoms with Crippen molar-refractivity contribution in [2.24, 2.45) is 10.9 Å². The van der Waals surface area contributed by atoms with E-state index in [1.807, 2.05) is 6.07 Å². The van der Waals surface area contributed by atoms with Crippen LogP contribution in [0, 0.1) is 11.7 Å². The van der Waals surface area contributed by atoms with Gasteiger partial charge in [-0.3, -0.25) is 4.99 Å². The summed E-state index contributed by atoms with van der Waals surface area (Å²) in [5.41, 5.74) is 4.97. The third-order valence-electron chi connectivity index (χ3n) is 7.57. The number of methoxy groups -OCH3 is 2. The predicted molar refractivity (Wildman–Crippen MR) is 143 cm³/mol. The van der Waals surface area contributed by atoms with Crippen molar-refractivity contribution >= 4 is 27.4 Å². The second kappa shape index (κ2) is 9.16. The van der Waals surface area contributed by atoms with E-state index in [0.29, 0.717) is 34.0 Å². The third kappa shape index (κ3) is 3.84. The van der Waals surface area contributed by atoms with Crippen LogP contribution in [-0.4, -0.2) is 35.0 Å². The van der Waals surface area contributed by atoms with Gasteiger partial charge in [0.15, 0.2) is 0 Å². The zero-order valence-corrected chi connectivity index (χ0v) is 22.0. The molecule has 196 valence electrons. The number of allylic oxidation sites excluding steroid dienone is 2. The van der Waals surface area contributed by atoms with Crippen LogP contribution < -0.4 is 10.1 Å². The Morgan fingerprint density at radius 2 is 1.87 bits per heavy atom. The molecule has 2 aromatic carbocycles. The van der Waals surface area contributed by atoms with Crippen LogP contribution in [0.4, 0.5) is 10.1 Å². The van der Waals surface area contributed by atoms with E-state index in [-0.39, 0.29) is 22.7 Å². The molecule has 0 bridgehead atoms. The van der Waals surface area contributed by atoms with Crippen LogP contribution in [-0.2, 0) is 19.3 Å². The quantitative estimate of drug-likeness (QED) is 0.530. The minimum atomic E-state index is -3.85. The molecule has 0 radical (unpaired) electrons. The first-order chi connectivity index (χ1) is 18.3. The zero-order valence-electron chi connectivity index (χ0n) is 21.2. The number of ether oxygens (including phenoxy) is 3. The van der Waals surface area contributed by atoms with Crippen LogP contribution in [0.3, 0.4) is 0 Å². The molecule has 2 aromatic rings. The Bertz CT molecular complexity index is 1590. The van der Waals surface area contributed by atoms with Crippen molar-refractivity contribution < 1.29 is 27.0 Å². The summed E-state index contributed by atoms with van der Waals surface area (Å²) in [6.07, 6.45) is 6.83. The van der Waals surface area contributed by atoms with Crippen molar-refractivity contribution in [1.29, 1.82) is 0 Å². The van der Waals surface area contributed by atoms with Gasteiger partial charge in [0.05, 0.1) is 53.8 Å². The predicted octanol–water partition coefficient (Wildman–Crippen LogP) is 5.70. The number of halogens is 1. The average molecular weight is 535 g/mol. The van der Waals surface area contributed by atoms with Gasteiger partial charge >= 0.3 is 0 Å². The highest BCUT2D eigenvalue weighted by atomic mass is 32.2. The van der Waals surface area contributed by atoms with Gasteiger partial charge in [0.1, 0.15) is 23.4 Å². The Morgan fingerprint density at radius 3 is 2.61 bits per heavy atom. The van der Waals surface area contributed by atoms with Crippen molar-refractivity contribution in [3.8, 4) is 5.75 Å². The van der Waals surface area contributed by atoms with Gasteiger partial charge in [0, 0.05) is 23.4 Å². The summed E-state index contributed by atoms with van der Waals surface area (Å²) in [7, 11) is -0.736. The zero-order chi connectivity index (χ0) is 26.6. The molecule has 0 saturated carbocycles. The van der Waals surface area contributed by atoms with E-state index in [9.17, 15) is 12.8 Å².